The molecule has 3 heterocycles. The van der Waals surface area contributed by atoms with E-state index in [1.54, 1.807) is 11.0 Å². The SMILES string of the molecule is O=C(c1cnc2ccccc2n1)N1CCCC1c1nc2ccccc2c(=O)[nH]1. The first-order valence-corrected chi connectivity index (χ1v) is 9.22. The Morgan fingerprint density at radius 2 is 1.75 bits per heavy atom. The van der Waals surface area contributed by atoms with Gasteiger partial charge in [-0.25, -0.2) is 9.97 Å². The normalized spacial score (nSPS) is 16.7. The fraction of sp³-hybridized carbons (Fsp3) is 0.190. The van der Waals surface area contributed by atoms with Gasteiger partial charge in [-0.2, -0.15) is 0 Å². The molecular formula is C21H17N5O2. The number of fused-ring (bicyclic) bond motifs is 2. The van der Waals surface area contributed by atoms with E-state index in [1.807, 2.05) is 42.5 Å². The van der Waals surface area contributed by atoms with E-state index in [2.05, 4.69) is 19.9 Å². The zero-order valence-electron chi connectivity index (χ0n) is 15.0. The number of hydrogen-bond donors (Lipinski definition) is 1. The van der Waals surface area contributed by atoms with E-state index in [-0.39, 0.29) is 17.5 Å². The minimum Gasteiger partial charge on any atom is -0.327 e. The molecule has 1 fully saturated rings. The number of aromatic nitrogens is 4. The van der Waals surface area contributed by atoms with Crippen LogP contribution in [0.3, 0.4) is 0 Å². The van der Waals surface area contributed by atoms with Crippen LogP contribution in [0.25, 0.3) is 21.9 Å². The molecule has 7 heteroatoms. The molecule has 138 valence electrons. The van der Waals surface area contributed by atoms with Crippen LogP contribution in [0.5, 0.6) is 0 Å². The minimum absolute atomic E-state index is 0.189. The monoisotopic (exact) mass is 371 g/mol. The zero-order valence-corrected chi connectivity index (χ0v) is 15.0. The molecule has 0 spiro atoms. The highest BCUT2D eigenvalue weighted by Crippen LogP contribution is 2.31. The van der Waals surface area contributed by atoms with Crippen molar-refractivity contribution in [2.75, 3.05) is 6.54 Å². The van der Waals surface area contributed by atoms with E-state index < -0.39 is 0 Å². The van der Waals surface area contributed by atoms with Crippen molar-refractivity contribution in [2.24, 2.45) is 0 Å². The Labute approximate surface area is 160 Å². The number of benzene rings is 2. The summed E-state index contributed by atoms with van der Waals surface area (Å²) in [6, 6.07) is 14.4. The van der Waals surface area contributed by atoms with Gasteiger partial charge >= 0.3 is 0 Å². The molecule has 28 heavy (non-hydrogen) atoms. The van der Waals surface area contributed by atoms with Crippen molar-refractivity contribution in [3.05, 3.63) is 76.6 Å². The van der Waals surface area contributed by atoms with Gasteiger partial charge in [0.25, 0.3) is 11.5 Å². The van der Waals surface area contributed by atoms with Crippen LogP contribution in [0.15, 0.2) is 59.5 Å². The second-order valence-corrected chi connectivity index (χ2v) is 6.87. The third kappa shape index (κ3) is 2.72. The molecule has 1 N–H and O–H groups in total. The van der Waals surface area contributed by atoms with Gasteiger partial charge in [-0.1, -0.05) is 24.3 Å². The van der Waals surface area contributed by atoms with Crippen LogP contribution in [0, 0.1) is 0 Å². The molecule has 1 amide bonds. The molecule has 1 atom stereocenters. The lowest BCUT2D eigenvalue weighted by atomic mass is 10.1. The summed E-state index contributed by atoms with van der Waals surface area (Å²) in [7, 11) is 0. The molecule has 1 aliphatic heterocycles. The Morgan fingerprint density at radius 1 is 1.00 bits per heavy atom. The van der Waals surface area contributed by atoms with Crippen molar-refractivity contribution < 1.29 is 4.79 Å². The number of carbonyl (C=O) groups excluding carboxylic acids is 1. The maximum absolute atomic E-state index is 13.1. The summed E-state index contributed by atoms with van der Waals surface area (Å²) in [6.07, 6.45) is 3.10. The average molecular weight is 371 g/mol. The van der Waals surface area contributed by atoms with Gasteiger partial charge < -0.3 is 9.88 Å². The Kier molecular flexibility index (Phi) is 3.86. The summed E-state index contributed by atoms with van der Waals surface area (Å²) in [6.45, 7) is 0.592. The van der Waals surface area contributed by atoms with E-state index in [9.17, 15) is 9.59 Å². The molecule has 7 nitrogen and oxygen atoms in total. The number of hydrogen-bond acceptors (Lipinski definition) is 5. The first-order chi connectivity index (χ1) is 13.7. The summed E-state index contributed by atoms with van der Waals surface area (Å²) in [5, 5.41) is 0.544. The lowest BCUT2D eigenvalue weighted by Gasteiger charge is -2.23. The first-order valence-electron chi connectivity index (χ1n) is 9.22. The maximum Gasteiger partial charge on any atom is 0.274 e. The highest BCUT2D eigenvalue weighted by atomic mass is 16.2. The molecule has 0 aliphatic carbocycles. The van der Waals surface area contributed by atoms with Crippen molar-refractivity contribution in [1.29, 1.82) is 0 Å². The van der Waals surface area contributed by atoms with Crippen molar-refractivity contribution in [3.63, 3.8) is 0 Å². The predicted octanol–water partition coefficient (Wildman–Crippen LogP) is 2.84. The number of nitrogens with zero attached hydrogens (tertiary/aromatic N) is 4. The standard InChI is InChI=1S/C21H17N5O2/c27-20-13-6-1-2-7-14(13)24-19(25-20)18-10-5-11-26(18)21(28)17-12-22-15-8-3-4-9-16(15)23-17/h1-4,6-9,12,18H,5,10-11H2,(H,24,25,27). The van der Waals surface area contributed by atoms with Gasteiger partial charge in [0.15, 0.2) is 0 Å². The third-order valence-corrected chi connectivity index (χ3v) is 5.13. The Bertz CT molecular complexity index is 1270. The lowest BCUT2D eigenvalue weighted by molar-refractivity contribution is 0.0724. The number of H-pyrrole nitrogens is 1. The molecule has 2 aromatic carbocycles. The lowest BCUT2D eigenvalue weighted by Crippen LogP contribution is -2.33. The van der Waals surface area contributed by atoms with Gasteiger partial charge in [-0.3, -0.25) is 14.6 Å². The summed E-state index contributed by atoms with van der Waals surface area (Å²) in [5.41, 5.74) is 2.17. The van der Waals surface area contributed by atoms with Gasteiger partial charge in [0.2, 0.25) is 0 Å². The van der Waals surface area contributed by atoms with Gasteiger partial charge in [-0.05, 0) is 37.1 Å². The van der Waals surface area contributed by atoms with Crippen LogP contribution in [0.2, 0.25) is 0 Å². The van der Waals surface area contributed by atoms with Crippen molar-refractivity contribution in [3.8, 4) is 0 Å². The molecule has 0 bridgehead atoms. The molecule has 0 radical (unpaired) electrons. The molecular weight excluding hydrogens is 354 g/mol. The van der Waals surface area contributed by atoms with E-state index in [0.717, 1.165) is 18.4 Å². The highest BCUT2D eigenvalue weighted by Gasteiger charge is 2.33. The Morgan fingerprint density at radius 3 is 2.61 bits per heavy atom. The maximum atomic E-state index is 13.1. The fourth-order valence-electron chi connectivity index (χ4n) is 3.76. The minimum atomic E-state index is -0.280. The first kappa shape index (κ1) is 16.6. The fourth-order valence-corrected chi connectivity index (χ4v) is 3.76. The Hall–Kier alpha value is -3.61. The highest BCUT2D eigenvalue weighted by molar-refractivity contribution is 5.94. The van der Waals surface area contributed by atoms with Crippen molar-refractivity contribution in [2.45, 2.75) is 18.9 Å². The van der Waals surface area contributed by atoms with Crippen LogP contribution in [-0.4, -0.2) is 37.3 Å². The number of para-hydroxylation sites is 3. The van der Waals surface area contributed by atoms with E-state index in [1.165, 1.54) is 6.20 Å². The van der Waals surface area contributed by atoms with Gasteiger partial charge in [0.1, 0.15) is 11.5 Å². The second-order valence-electron chi connectivity index (χ2n) is 6.87. The number of likely N-dealkylation sites (tertiary alicyclic amines) is 1. The summed E-state index contributed by atoms with van der Waals surface area (Å²) < 4.78 is 0. The molecule has 0 saturated carbocycles. The summed E-state index contributed by atoms with van der Waals surface area (Å²) in [5.74, 6) is 0.319. The predicted molar refractivity (Wildman–Crippen MR) is 105 cm³/mol. The van der Waals surface area contributed by atoms with E-state index >= 15 is 0 Å². The van der Waals surface area contributed by atoms with Crippen LogP contribution in [0.1, 0.15) is 35.2 Å². The largest absolute Gasteiger partial charge is 0.327 e. The van der Waals surface area contributed by atoms with E-state index in [0.29, 0.717) is 34.5 Å². The molecule has 4 aromatic rings. The van der Waals surface area contributed by atoms with E-state index in [4.69, 9.17) is 0 Å². The van der Waals surface area contributed by atoms with Gasteiger partial charge in [-0.15, -0.1) is 0 Å². The number of aromatic amines is 1. The van der Waals surface area contributed by atoms with Crippen molar-refractivity contribution in [1.82, 2.24) is 24.8 Å². The Balaban J connectivity index is 1.52. The number of rotatable bonds is 2. The molecule has 2 aromatic heterocycles. The third-order valence-electron chi connectivity index (χ3n) is 5.13. The number of carbonyl (C=O) groups is 1. The summed E-state index contributed by atoms with van der Waals surface area (Å²) >= 11 is 0. The van der Waals surface area contributed by atoms with Crippen LogP contribution in [-0.2, 0) is 0 Å². The van der Waals surface area contributed by atoms with Crippen LogP contribution in [0.4, 0.5) is 0 Å². The summed E-state index contributed by atoms with van der Waals surface area (Å²) in [4.78, 5) is 43.6. The van der Waals surface area contributed by atoms with Crippen LogP contribution < -0.4 is 5.56 Å². The number of nitrogens with one attached hydrogen (secondary N) is 1. The molecule has 5 rings (SSSR count). The van der Waals surface area contributed by atoms with Crippen LogP contribution >= 0.6 is 0 Å². The quantitative estimate of drug-likeness (QED) is 0.585. The van der Waals surface area contributed by atoms with Gasteiger partial charge in [0, 0.05) is 6.54 Å². The average Bonchev–Trinajstić information content (AvgIpc) is 3.23. The second kappa shape index (κ2) is 6.53. The molecule has 1 aliphatic rings. The number of amides is 1. The zero-order chi connectivity index (χ0) is 19.1. The molecule has 1 saturated heterocycles. The topological polar surface area (TPSA) is 91.8 Å². The van der Waals surface area contributed by atoms with Crippen molar-refractivity contribution >= 4 is 27.8 Å². The molecule has 1 unspecified atom stereocenters. The smallest absolute Gasteiger partial charge is 0.274 e. The van der Waals surface area contributed by atoms with Gasteiger partial charge in [0.05, 0.1) is 34.2 Å².